The summed E-state index contributed by atoms with van der Waals surface area (Å²) in [6, 6.07) is 1.16. The maximum atomic E-state index is 12.9. The van der Waals surface area contributed by atoms with Crippen molar-refractivity contribution in [2.75, 3.05) is 19.0 Å². The molecule has 0 aliphatic heterocycles. The number of rotatable bonds is 5. The first kappa shape index (κ1) is 14.7. The fraction of sp³-hybridized carbons (Fsp3) is 0.273. The van der Waals surface area contributed by atoms with E-state index in [2.05, 4.69) is 5.32 Å². The van der Waals surface area contributed by atoms with Gasteiger partial charge in [0.05, 0.1) is 19.4 Å². The molecule has 0 aromatic heterocycles. The average molecular weight is 272 g/mol. The zero-order valence-electron chi connectivity index (χ0n) is 10.0. The van der Waals surface area contributed by atoms with Gasteiger partial charge in [-0.2, -0.15) is 0 Å². The molecule has 104 valence electrons. The van der Waals surface area contributed by atoms with E-state index in [1.54, 1.807) is 0 Å². The van der Waals surface area contributed by atoms with Crippen LogP contribution in [-0.4, -0.2) is 42.0 Å². The van der Waals surface area contributed by atoms with E-state index in [4.69, 9.17) is 14.9 Å². The van der Waals surface area contributed by atoms with Crippen molar-refractivity contribution in [2.45, 2.75) is 6.04 Å². The number of hydrogen-bond acceptors (Lipinski definition) is 4. The van der Waals surface area contributed by atoms with Crippen LogP contribution in [-0.2, 0) is 4.79 Å². The third-order valence-electron chi connectivity index (χ3n) is 2.20. The van der Waals surface area contributed by atoms with E-state index in [1.165, 1.54) is 13.2 Å². The molecule has 0 fully saturated rings. The summed E-state index contributed by atoms with van der Waals surface area (Å²) in [5, 5.41) is 21.7. The van der Waals surface area contributed by atoms with Crippen molar-refractivity contribution < 1.29 is 28.9 Å². The Labute approximate surface area is 108 Å². The standard InChI is InChI=1S/C11H13FN2O5/c1-19-9-4-6(12)2-3-7(9)13-11(18)14-8(5-15)10(16)17/h2-4,8,15H,5H2,1H3,(H,16,17)(H2,13,14,18)/t8-/m1/s1. The van der Waals surface area contributed by atoms with Gasteiger partial charge in [-0.3, -0.25) is 0 Å². The van der Waals surface area contributed by atoms with Crippen molar-refractivity contribution >= 4 is 17.7 Å². The summed E-state index contributed by atoms with van der Waals surface area (Å²) < 4.78 is 17.8. The van der Waals surface area contributed by atoms with Gasteiger partial charge < -0.3 is 25.6 Å². The fourth-order valence-corrected chi connectivity index (χ4v) is 1.27. The molecular weight excluding hydrogens is 259 g/mol. The van der Waals surface area contributed by atoms with Gasteiger partial charge in [0, 0.05) is 6.07 Å². The normalized spacial score (nSPS) is 11.5. The number of carboxylic acid groups (broad SMARTS) is 1. The van der Waals surface area contributed by atoms with Gasteiger partial charge in [-0.1, -0.05) is 0 Å². The zero-order chi connectivity index (χ0) is 14.4. The SMILES string of the molecule is COc1cc(F)ccc1NC(=O)N[C@H](CO)C(=O)O. The second kappa shape index (κ2) is 6.55. The average Bonchev–Trinajstić information content (AvgIpc) is 2.37. The van der Waals surface area contributed by atoms with E-state index in [0.717, 1.165) is 12.1 Å². The summed E-state index contributed by atoms with van der Waals surface area (Å²) in [4.78, 5) is 22.1. The number of aliphatic carboxylic acids is 1. The number of aliphatic hydroxyl groups is 1. The Kier molecular flexibility index (Phi) is 5.07. The number of carbonyl (C=O) groups excluding carboxylic acids is 1. The first-order chi connectivity index (χ1) is 8.97. The smallest absolute Gasteiger partial charge is 0.328 e. The highest BCUT2D eigenvalue weighted by molar-refractivity contribution is 5.93. The molecule has 4 N–H and O–H groups in total. The first-order valence-electron chi connectivity index (χ1n) is 5.22. The molecule has 1 aromatic rings. The molecule has 0 saturated carbocycles. The van der Waals surface area contributed by atoms with Gasteiger partial charge in [-0.05, 0) is 12.1 Å². The molecule has 0 spiro atoms. The van der Waals surface area contributed by atoms with Crippen LogP contribution in [0.15, 0.2) is 18.2 Å². The third kappa shape index (κ3) is 4.11. The molecule has 0 radical (unpaired) electrons. The van der Waals surface area contributed by atoms with Crippen molar-refractivity contribution in [3.63, 3.8) is 0 Å². The quantitative estimate of drug-likeness (QED) is 0.620. The van der Waals surface area contributed by atoms with E-state index in [-0.39, 0.29) is 11.4 Å². The Hall–Kier alpha value is -2.35. The summed E-state index contributed by atoms with van der Waals surface area (Å²) in [6.45, 7) is -0.747. The maximum Gasteiger partial charge on any atom is 0.328 e. The summed E-state index contributed by atoms with van der Waals surface area (Å²) in [5.74, 6) is -1.82. The second-order valence-corrected chi connectivity index (χ2v) is 3.52. The van der Waals surface area contributed by atoms with Crippen molar-refractivity contribution in [1.82, 2.24) is 5.32 Å². The number of carbonyl (C=O) groups is 2. The van der Waals surface area contributed by atoms with Gasteiger partial charge in [0.1, 0.15) is 11.6 Å². The lowest BCUT2D eigenvalue weighted by Crippen LogP contribution is -2.45. The topological polar surface area (TPSA) is 108 Å². The molecule has 0 aliphatic carbocycles. The molecule has 19 heavy (non-hydrogen) atoms. The Balaban J connectivity index is 2.74. The minimum absolute atomic E-state index is 0.0889. The second-order valence-electron chi connectivity index (χ2n) is 3.52. The number of anilines is 1. The predicted molar refractivity (Wildman–Crippen MR) is 63.6 cm³/mol. The Morgan fingerprint density at radius 2 is 2.16 bits per heavy atom. The lowest BCUT2D eigenvalue weighted by Gasteiger charge is -2.14. The number of urea groups is 1. The number of methoxy groups -OCH3 is 1. The fourth-order valence-electron chi connectivity index (χ4n) is 1.27. The lowest BCUT2D eigenvalue weighted by atomic mass is 10.3. The monoisotopic (exact) mass is 272 g/mol. The number of nitrogens with one attached hydrogen (secondary N) is 2. The summed E-state index contributed by atoms with van der Waals surface area (Å²) in [7, 11) is 1.30. The van der Waals surface area contributed by atoms with Crippen molar-refractivity contribution in [3.8, 4) is 5.75 Å². The molecule has 0 bridgehead atoms. The zero-order valence-corrected chi connectivity index (χ0v) is 10.0. The van der Waals surface area contributed by atoms with Crippen LogP contribution in [0.4, 0.5) is 14.9 Å². The van der Waals surface area contributed by atoms with E-state index in [1.807, 2.05) is 5.32 Å². The van der Waals surface area contributed by atoms with Crippen LogP contribution in [0.5, 0.6) is 5.75 Å². The number of ether oxygens (including phenoxy) is 1. The van der Waals surface area contributed by atoms with Gasteiger partial charge in [-0.25, -0.2) is 14.0 Å². The van der Waals surface area contributed by atoms with Gasteiger partial charge in [0.2, 0.25) is 0 Å². The van der Waals surface area contributed by atoms with Crippen LogP contribution < -0.4 is 15.4 Å². The number of carboxylic acids is 1. The molecule has 1 atom stereocenters. The van der Waals surface area contributed by atoms with Crippen LogP contribution >= 0.6 is 0 Å². The minimum Gasteiger partial charge on any atom is -0.494 e. The third-order valence-corrected chi connectivity index (χ3v) is 2.20. The molecule has 0 saturated heterocycles. The number of halogens is 1. The van der Waals surface area contributed by atoms with Gasteiger partial charge >= 0.3 is 12.0 Å². The van der Waals surface area contributed by atoms with Crippen LogP contribution in [0, 0.1) is 5.82 Å². The highest BCUT2D eigenvalue weighted by Gasteiger charge is 2.19. The Morgan fingerprint density at radius 3 is 2.68 bits per heavy atom. The Bertz CT molecular complexity index is 480. The van der Waals surface area contributed by atoms with Crippen LogP contribution in [0.25, 0.3) is 0 Å². The minimum atomic E-state index is -1.42. The highest BCUT2D eigenvalue weighted by Crippen LogP contribution is 2.24. The van der Waals surface area contributed by atoms with E-state index >= 15 is 0 Å². The molecule has 2 amide bonds. The van der Waals surface area contributed by atoms with Crippen molar-refractivity contribution in [1.29, 1.82) is 0 Å². The van der Waals surface area contributed by atoms with E-state index in [0.29, 0.717) is 0 Å². The van der Waals surface area contributed by atoms with Gasteiger partial charge in [0.25, 0.3) is 0 Å². The predicted octanol–water partition coefficient (Wildman–Crippen LogP) is 0.401. The van der Waals surface area contributed by atoms with Crippen molar-refractivity contribution in [3.05, 3.63) is 24.0 Å². The van der Waals surface area contributed by atoms with Gasteiger partial charge in [0.15, 0.2) is 6.04 Å². The molecule has 0 unspecified atom stereocenters. The number of aliphatic hydroxyl groups excluding tert-OH is 1. The van der Waals surface area contributed by atoms with E-state index in [9.17, 15) is 14.0 Å². The molecule has 8 heteroatoms. The molecule has 1 aromatic carbocycles. The lowest BCUT2D eigenvalue weighted by molar-refractivity contribution is -0.140. The summed E-state index contributed by atoms with van der Waals surface area (Å²) in [5.41, 5.74) is 0.170. The summed E-state index contributed by atoms with van der Waals surface area (Å²) in [6.07, 6.45) is 0. The Morgan fingerprint density at radius 1 is 1.47 bits per heavy atom. The molecule has 7 nitrogen and oxygen atoms in total. The summed E-state index contributed by atoms with van der Waals surface area (Å²) >= 11 is 0. The van der Waals surface area contributed by atoms with Gasteiger partial charge in [-0.15, -0.1) is 0 Å². The van der Waals surface area contributed by atoms with Crippen molar-refractivity contribution in [2.24, 2.45) is 0 Å². The molecule has 0 aliphatic rings. The maximum absolute atomic E-state index is 12.9. The highest BCUT2D eigenvalue weighted by atomic mass is 19.1. The van der Waals surface area contributed by atoms with Crippen LogP contribution in [0.2, 0.25) is 0 Å². The first-order valence-corrected chi connectivity index (χ1v) is 5.22. The molecule has 0 heterocycles. The number of amides is 2. The molecular formula is C11H13FN2O5. The largest absolute Gasteiger partial charge is 0.494 e. The van der Waals surface area contributed by atoms with Crippen LogP contribution in [0.1, 0.15) is 0 Å². The van der Waals surface area contributed by atoms with Crippen LogP contribution in [0.3, 0.4) is 0 Å². The number of benzene rings is 1. The van der Waals surface area contributed by atoms with E-state index < -0.39 is 30.5 Å². The molecule has 1 rings (SSSR count). The number of hydrogen-bond donors (Lipinski definition) is 4.